The molecule has 0 spiro atoms. The Kier molecular flexibility index (Phi) is 5.57. The highest BCUT2D eigenvalue weighted by Crippen LogP contribution is 2.47. The number of hydrogen-bond donors (Lipinski definition) is 1. The zero-order chi connectivity index (χ0) is 13.8. The monoisotopic (exact) mass is 272 g/mol. The second-order valence-electron chi connectivity index (χ2n) is 6.82. The molecule has 2 nitrogen and oxygen atoms in total. The molecule has 3 heteroatoms. The van der Waals surface area contributed by atoms with Crippen LogP contribution in [0.25, 0.3) is 0 Å². The fourth-order valence-electron chi connectivity index (χ4n) is 3.16. The minimum absolute atomic E-state index is 0.323. The lowest BCUT2D eigenvalue weighted by Gasteiger charge is -2.42. The third-order valence-corrected chi connectivity index (χ3v) is 5.32. The average molecular weight is 272 g/mol. The van der Waals surface area contributed by atoms with Gasteiger partial charge >= 0.3 is 5.97 Å². The summed E-state index contributed by atoms with van der Waals surface area (Å²) >= 11 is 1.81. The molecular weight excluding hydrogens is 244 g/mol. The van der Waals surface area contributed by atoms with E-state index in [1.807, 2.05) is 11.8 Å². The summed E-state index contributed by atoms with van der Waals surface area (Å²) in [5.41, 5.74) is -0.0958. The van der Waals surface area contributed by atoms with Crippen LogP contribution in [-0.2, 0) is 4.79 Å². The van der Waals surface area contributed by atoms with E-state index in [1.54, 1.807) is 0 Å². The van der Waals surface area contributed by atoms with E-state index in [4.69, 9.17) is 0 Å². The lowest BCUT2D eigenvalue weighted by atomic mass is 9.63. The van der Waals surface area contributed by atoms with Gasteiger partial charge in [0, 0.05) is 0 Å². The molecule has 0 aliphatic heterocycles. The van der Waals surface area contributed by atoms with Gasteiger partial charge in [0.25, 0.3) is 0 Å². The van der Waals surface area contributed by atoms with Gasteiger partial charge in [0.1, 0.15) is 0 Å². The quantitative estimate of drug-likeness (QED) is 0.752. The molecule has 1 rings (SSSR count). The Labute approximate surface area is 116 Å². The summed E-state index contributed by atoms with van der Waals surface area (Å²) in [7, 11) is 0. The highest BCUT2D eigenvalue weighted by Gasteiger charge is 2.43. The molecule has 18 heavy (non-hydrogen) atoms. The summed E-state index contributed by atoms with van der Waals surface area (Å²) in [5.74, 6) is 1.21. The fraction of sp³-hybridized carbons (Fsp3) is 0.933. The van der Waals surface area contributed by atoms with Crippen molar-refractivity contribution in [2.45, 2.75) is 59.3 Å². The van der Waals surface area contributed by atoms with Crippen molar-refractivity contribution in [1.82, 2.24) is 0 Å². The molecule has 0 bridgehead atoms. The summed E-state index contributed by atoms with van der Waals surface area (Å²) in [5, 5.41) is 9.57. The predicted molar refractivity (Wildman–Crippen MR) is 79.1 cm³/mol. The van der Waals surface area contributed by atoms with E-state index in [0.717, 1.165) is 44.3 Å². The van der Waals surface area contributed by atoms with E-state index in [0.29, 0.717) is 11.3 Å². The van der Waals surface area contributed by atoms with E-state index >= 15 is 0 Å². The minimum atomic E-state index is -0.559. The summed E-state index contributed by atoms with van der Waals surface area (Å²) in [6.07, 6.45) is 7.89. The average Bonchev–Trinajstić information content (AvgIpc) is 2.28. The van der Waals surface area contributed by atoms with Gasteiger partial charge in [-0.2, -0.15) is 11.8 Å². The highest BCUT2D eigenvalue weighted by atomic mass is 32.2. The lowest BCUT2D eigenvalue weighted by Crippen LogP contribution is -2.38. The normalized spacial score (nSPS) is 29.2. The maximum Gasteiger partial charge on any atom is 0.309 e. The molecular formula is C15H28O2S. The van der Waals surface area contributed by atoms with Crippen molar-refractivity contribution < 1.29 is 9.90 Å². The van der Waals surface area contributed by atoms with Crippen LogP contribution in [0.15, 0.2) is 0 Å². The number of rotatable bonds is 5. The van der Waals surface area contributed by atoms with Crippen molar-refractivity contribution in [2.24, 2.45) is 16.7 Å². The third-order valence-electron chi connectivity index (χ3n) is 4.62. The highest BCUT2D eigenvalue weighted by molar-refractivity contribution is 7.98. The number of thioether (sulfide) groups is 1. The van der Waals surface area contributed by atoms with Crippen molar-refractivity contribution >= 4 is 17.7 Å². The summed E-state index contributed by atoms with van der Waals surface area (Å²) in [6.45, 7) is 6.83. The van der Waals surface area contributed by atoms with Gasteiger partial charge in [-0.3, -0.25) is 4.79 Å². The summed E-state index contributed by atoms with van der Waals surface area (Å²) < 4.78 is 0. The molecule has 0 atom stereocenters. The first-order chi connectivity index (χ1) is 8.32. The van der Waals surface area contributed by atoms with Crippen LogP contribution >= 0.6 is 11.8 Å². The fourth-order valence-corrected chi connectivity index (χ4v) is 3.60. The molecule has 0 radical (unpaired) electrons. The van der Waals surface area contributed by atoms with Gasteiger partial charge in [-0.25, -0.2) is 0 Å². The Morgan fingerprint density at radius 1 is 1.33 bits per heavy atom. The molecule has 0 aromatic heterocycles. The van der Waals surface area contributed by atoms with Crippen molar-refractivity contribution in [3.05, 3.63) is 0 Å². The van der Waals surface area contributed by atoms with E-state index in [-0.39, 0.29) is 0 Å². The molecule has 0 saturated heterocycles. The smallest absolute Gasteiger partial charge is 0.309 e. The predicted octanol–water partition coefficient (Wildman–Crippen LogP) is 4.44. The van der Waals surface area contributed by atoms with Crippen LogP contribution in [0.3, 0.4) is 0 Å². The van der Waals surface area contributed by atoms with E-state index in [1.165, 1.54) is 0 Å². The molecule has 1 fully saturated rings. The van der Waals surface area contributed by atoms with Crippen LogP contribution in [0, 0.1) is 16.7 Å². The molecule has 0 heterocycles. The van der Waals surface area contributed by atoms with Crippen LogP contribution in [0.5, 0.6) is 0 Å². The zero-order valence-corrected chi connectivity index (χ0v) is 13.1. The lowest BCUT2D eigenvalue weighted by molar-refractivity contribution is -0.153. The van der Waals surface area contributed by atoms with Gasteiger partial charge in [-0.1, -0.05) is 20.8 Å². The third kappa shape index (κ3) is 3.91. The topological polar surface area (TPSA) is 37.3 Å². The maximum atomic E-state index is 11.6. The molecule has 1 N–H and O–H groups in total. The van der Waals surface area contributed by atoms with Gasteiger partial charge < -0.3 is 5.11 Å². The van der Waals surface area contributed by atoms with Gasteiger partial charge in [-0.15, -0.1) is 0 Å². The van der Waals surface area contributed by atoms with Crippen molar-refractivity contribution in [3.63, 3.8) is 0 Å². The summed E-state index contributed by atoms with van der Waals surface area (Å²) in [6, 6.07) is 0. The molecule has 0 amide bonds. The SMILES string of the molecule is CSCCCC1(C(=O)O)CCC(C(C)(C)C)CC1. The number of carbonyl (C=O) groups is 1. The number of carboxylic acid groups (broad SMARTS) is 1. The first kappa shape index (κ1) is 15.9. The molecule has 106 valence electrons. The summed E-state index contributed by atoms with van der Waals surface area (Å²) in [4.78, 5) is 11.6. The van der Waals surface area contributed by atoms with Gasteiger partial charge in [0.2, 0.25) is 0 Å². The Hall–Kier alpha value is -0.180. The van der Waals surface area contributed by atoms with Gasteiger partial charge in [0.15, 0.2) is 0 Å². The van der Waals surface area contributed by atoms with Gasteiger partial charge in [-0.05, 0) is 61.9 Å². The van der Waals surface area contributed by atoms with Crippen LogP contribution < -0.4 is 0 Å². The van der Waals surface area contributed by atoms with Crippen molar-refractivity contribution in [2.75, 3.05) is 12.0 Å². The van der Waals surface area contributed by atoms with Crippen LogP contribution in [0.1, 0.15) is 59.3 Å². The molecule has 1 aliphatic rings. The molecule has 1 aliphatic carbocycles. The minimum Gasteiger partial charge on any atom is -0.481 e. The molecule has 1 saturated carbocycles. The van der Waals surface area contributed by atoms with Crippen LogP contribution in [0.4, 0.5) is 0 Å². The van der Waals surface area contributed by atoms with Gasteiger partial charge in [0.05, 0.1) is 5.41 Å². The molecule has 0 aromatic carbocycles. The van der Waals surface area contributed by atoms with Crippen LogP contribution in [-0.4, -0.2) is 23.1 Å². The first-order valence-corrected chi connectivity index (χ1v) is 8.43. The van der Waals surface area contributed by atoms with E-state index < -0.39 is 11.4 Å². The molecule has 0 unspecified atom stereocenters. The number of hydrogen-bond acceptors (Lipinski definition) is 2. The Balaban J connectivity index is 2.60. The van der Waals surface area contributed by atoms with E-state index in [2.05, 4.69) is 27.0 Å². The van der Waals surface area contributed by atoms with Crippen LogP contribution in [0.2, 0.25) is 0 Å². The zero-order valence-electron chi connectivity index (χ0n) is 12.3. The standard InChI is InChI=1S/C15H28O2S/c1-14(2,3)12-6-9-15(10-7-12,13(16)17)8-5-11-18-4/h12H,5-11H2,1-4H3,(H,16,17). The second kappa shape index (κ2) is 6.31. The largest absolute Gasteiger partial charge is 0.481 e. The Bertz CT molecular complexity index is 273. The number of aliphatic carboxylic acids is 1. The maximum absolute atomic E-state index is 11.6. The first-order valence-electron chi connectivity index (χ1n) is 7.04. The Morgan fingerprint density at radius 3 is 2.28 bits per heavy atom. The van der Waals surface area contributed by atoms with Crippen molar-refractivity contribution in [1.29, 1.82) is 0 Å². The second-order valence-corrected chi connectivity index (χ2v) is 7.81. The van der Waals surface area contributed by atoms with E-state index in [9.17, 15) is 9.90 Å². The van der Waals surface area contributed by atoms with Crippen molar-refractivity contribution in [3.8, 4) is 0 Å². The Morgan fingerprint density at radius 2 is 1.89 bits per heavy atom. The molecule has 0 aromatic rings. The number of carboxylic acids is 1.